The van der Waals surface area contributed by atoms with Gasteiger partial charge < -0.3 is 9.79 Å². The molecule has 0 aliphatic heterocycles. The molecule has 7 heteroatoms. The van der Waals surface area contributed by atoms with Crippen LogP contribution < -0.4 is 0 Å². The largest absolute Gasteiger partial charge is 0.374 e. The molecule has 0 aromatic carbocycles. The van der Waals surface area contributed by atoms with E-state index < -0.39 is 24.1 Å². The average molecular weight is 428 g/mol. The quantitative estimate of drug-likeness (QED) is 0.583. The average Bonchev–Trinajstić information content (AvgIpc) is 1.54. The molecule has 86 valence electrons. The molecule has 0 saturated carbocycles. The molecule has 0 fully saturated rings. The van der Waals surface area contributed by atoms with Gasteiger partial charge in [0, 0.05) is 37.4 Å². The Morgan fingerprint density at radius 3 is 0.923 bits per heavy atom. The Balaban J connectivity index is -0.0000000450. The van der Waals surface area contributed by atoms with E-state index in [1.54, 1.807) is 40.0 Å². The molecule has 0 atom stereocenters. The summed E-state index contributed by atoms with van der Waals surface area (Å²) in [4.78, 5) is 16.2. The van der Waals surface area contributed by atoms with E-state index in [1.165, 1.54) is 0 Å². The molecular weight excluding hydrogens is 408 g/mol. The van der Waals surface area contributed by atoms with Crippen molar-refractivity contribution in [2.24, 2.45) is 0 Å². The van der Waals surface area contributed by atoms with E-state index >= 15 is 0 Å². The van der Waals surface area contributed by atoms with Crippen molar-refractivity contribution in [3.63, 3.8) is 0 Å². The van der Waals surface area contributed by atoms with Gasteiger partial charge in [-0.2, -0.15) is 0 Å². The summed E-state index contributed by atoms with van der Waals surface area (Å²) >= 11 is 0. The molecule has 0 spiro atoms. The molecule has 0 bridgehead atoms. The van der Waals surface area contributed by atoms with Crippen molar-refractivity contribution < 1.29 is 35.4 Å². The van der Waals surface area contributed by atoms with Gasteiger partial charge >= 0.3 is 7.80 Å². The minimum Gasteiger partial charge on any atom is -0.374 e. The molecule has 0 aromatic heterocycles. The molecule has 0 aliphatic rings. The Kier molecular flexibility index (Phi) is 35.4. The van der Waals surface area contributed by atoms with Crippen LogP contribution in [-0.2, 0) is 25.6 Å². The molecule has 0 radical (unpaired) electrons. The van der Waals surface area contributed by atoms with Crippen molar-refractivity contribution >= 4 is 24.1 Å². The first-order chi connectivity index (χ1) is 5.20. The molecule has 0 saturated heterocycles. The van der Waals surface area contributed by atoms with Crippen LogP contribution in [-0.4, -0.2) is 49.8 Å². The van der Waals surface area contributed by atoms with Gasteiger partial charge in [-0.25, -0.2) is 0 Å². The minimum atomic E-state index is -0.870. The first kappa shape index (κ1) is 24.0. The Labute approximate surface area is 99.4 Å². The standard InChI is InChI=1S/2C2H7OP.C2H6OP.Pt/c3*1-4(2)3;/h2*3H,1-2H3;1-2H3;/q;;+1;. The zero-order valence-corrected chi connectivity index (χ0v) is 13.9. The van der Waals surface area contributed by atoms with Crippen LogP contribution in [0.5, 0.6) is 0 Å². The van der Waals surface area contributed by atoms with E-state index in [0.717, 1.165) is 0 Å². The second-order valence-corrected chi connectivity index (χ2v) is 7.52. The van der Waals surface area contributed by atoms with E-state index in [1.807, 2.05) is 0 Å². The zero-order chi connectivity index (χ0) is 10.7. The number of hydrogen-bond acceptors (Lipinski definition) is 3. The summed E-state index contributed by atoms with van der Waals surface area (Å²) in [5, 5.41) is 0. The molecule has 3 nitrogen and oxygen atoms in total. The molecule has 0 aromatic rings. The minimum absolute atomic E-state index is 0. The molecule has 0 amide bonds. The number of rotatable bonds is 0. The second kappa shape index (κ2) is 19.2. The molecule has 0 heterocycles. The van der Waals surface area contributed by atoms with Crippen molar-refractivity contribution in [3.8, 4) is 0 Å². The van der Waals surface area contributed by atoms with Crippen molar-refractivity contribution in [2.75, 3.05) is 40.0 Å². The van der Waals surface area contributed by atoms with Crippen molar-refractivity contribution in [2.45, 2.75) is 0 Å². The summed E-state index contributed by atoms with van der Waals surface area (Å²) in [6.45, 7) is 10.5. The fourth-order valence-corrected chi connectivity index (χ4v) is 0. The molecule has 2 N–H and O–H groups in total. The summed E-state index contributed by atoms with van der Waals surface area (Å²) < 4.78 is 9.59. The smallest absolute Gasteiger partial charge is 0.332 e. The fourth-order valence-electron chi connectivity index (χ4n) is 0. The van der Waals surface area contributed by atoms with Crippen LogP contribution in [0.4, 0.5) is 0 Å². The van der Waals surface area contributed by atoms with Crippen LogP contribution in [0.3, 0.4) is 0 Å². The van der Waals surface area contributed by atoms with Gasteiger partial charge in [-0.05, 0) is 26.7 Å². The molecule has 0 rings (SSSR count). The van der Waals surface area contributed by atoms with E-state index in [2.05, 4.69) is 0 Å². The monoisotopic (exact) mass is 428 g/mol. The maximum Gasteiger partial charge on any atom is 0.332 e. The number of hydrogen-bond donors (Lipinski definition) is 2. The van der Waals surface area contributed by atoms with Crippen molar-refractivity contribution in [1.29, 1.82) is 0 Å². The molecule has 0 aliphatic carbocycles. The predicted molar refractivity (Wildman–Crippen MR) is 61.4 cm³/mol. The Hall–Kier alpha value is 1.57. The first-order valence-corrected chi connectivity index (χ1v) is 9.80. The fraction of sp³-hybridized carbons (Fsp3) is 1.00. The Bertz CT molecular complexity index is 85.6. The third-order valence-corrected chi connectivity index (χ3v) is 0. The second-order valence-electron chi connectivity index (χ2n) is 2.51. The van der Waals surface area contributed by atoms with Gasteiger partial charge in [-0.3, -0.25) is 0 Å². The van der Waals surface area contributed by atoms with Crippen LogP contribution in [0, 0.1) is 0 Å². The van der Waals surface area contributed by atoms with E-state index in [-0.39, 0.29) is 21.1 Å². The molecule has 13 heavy (non-hydrogen) atoms. The van der Waals surface area contributed by atoms with E-state index in [9.17, 15) is 4.57 Å². The van der Waals surface area contributed by atoms with Gasteiger partial charge in [0.15, 0.2) is 0 Å². The van der Waals surface area contributed by atoms with E-state index in [4.69, 9.17) is 9.79 Å². The van der Waals surface area contributed by atoms with Gasteiger partial charge in [-0.1, -0.05) is 4.57 Å². The van der Waals surface area contributed by atoms with Crippen LogP contribution in [0.1, 0.15) is 0 Å². The maximum absolute atomic E-state index is 9.59. The van der Waals surface area contributed by atoms with Crippen LogP contribution in [0.15, 0.2) is 0 Å². The van der Waals surface area contributed by atoms with Crippen LogP contribution in [0.25, 0.3) is 0 Å². The van der Waals surface area contributed by atoms with Crippen molar-refractivity contribution in [1.82, 2.24) is 0 Å². The Morgan fingerprint density at radius 1 is 0.923 bits per heavy atom. The summed E-state index contributed by atoms with van der Waals surface area (Å²) in [5.41, 5.74) is 0. The zero-order valence-electron chi connectivity index (χ0n) is 8.96. The van der Waals surface area contributed by atoms with Gasteiger partial charge in [0.25, 0.3) is 0 Å². The topological polar surface area (TPSA) is 57.5 Å². The summed E-state index contributed by atoms with van der Waals surface area (Å²) in [5.74, 6) is 0. The third-order valence-electron chi connectivity index (χ3n) is 0. The van der Waals surface area contributed by atoms with Crippen LogP contribution >= 0.6 is 24.1 Å². The van der Waals surface area contributed by atoms with Gasteiger partial charge in [0.05, 0.1) is 0 Å². The Morgan fingerprint density at radius 2 is 0.923 bits per heavy atom. The summed E-state index contributed by atoms with van der Waals surface area (Å²) in [7, 11) is -2.11. The van der Waals surface area contributed by atoms with Crippen LogP contribution in [0.2, 0.25) is 0 Å². The molecular formula is C6H20O3P3Pt+. The van der Waals surface area contributed by atoms with Gasteiger partial charge in [-0.15, -0.1) is 0 Å². The third kappa shape index (κ3) is 738. The van der Waals surface area contributed by atoms with Gasteiger partial charge in [0.1, 0.15) is 13.3 Å². The van der Waals surface area contributed by atoms with Gasteiger partial charge in [0.2, 0.25) is 0 Å². The summed E-state index contributed by atoms with van der Waals surface area (Å²) in [6, 6.07) is 0. The maximum atomic E-state index is 9.59. The SMILES string of the molecule is CP(C)O.CP(C)O.C[P+](C)=O.[Pt]. The normalized spacial score (nSPS) is 7.54. The predicted octanol–water partition coefficient (Wildman–Crippen LogP) is 2.34. The summed E-state index contributed by atoms with van der Waals surface area (Å²) in [6.07, 6.45) is 0. The van der Waals surface area contributed by atoms with E-state index in [0.29, 0.717) is 0 Å². The molecule has 0 unspecified atom stereocenters. The first-order valence-electron chi connectivity index (χ1n) is 3.27. The van der Waals surface area contributed by atoms with Crippen molar-refractivity contribution in [3.05, 3.63) is 0 Å².